The molecule has 160 valence electrons. The number of hydrogen-bond acceptors (Lipinski definition) is 4. The molecule has 0 radical (unpaired) electrons. The van der Waals surface area contributed by atoms with Crippen LogP contribution in [0, 0.1) is 11.7 Å². The lowest BCUT2D eigenvalue weighted by atomic mass is 10.1. The number of halogens is 1. The average Bonchev–Trinajstić information content (AvgIpc) is 3.49. The second-order valence-electron chi connectivity index (χ2n) is 8.04. The number of fused-ring (bicyclic) bond motifs is 1. The minimum Gasteiger partial charge on any atom is -0.346 e. The number of H-pyrrole nitrogens is 1. The van der Waals surface area contributed by atoms with Gasteiger partial charge in [-0.1, -0.05) is 0 Å². The summed E-state index contributed by atoms with van der Waals surface area (Å²) in [4.78, 5) is 4.84. The van der Waals surface area contributed by atoms with Gasteiger partial charge in [0.15, 0.2) is 0 Å². The number of sulfonamides is 1. The number of aromatic nitrogens is 4. The fraction of sp³-hybridized carbons (Fsp3) is 0.273. The van der Waals surface area contributed by atoms with Gasteiger partial charge in [0.1, 0.15) is 5.82 Å². The quantitative estimate of drug-likeness (QED) is 0.514. The Labute approximate surface area is 179 Å². The summed E-state index contributed by atoms with van der Waals surface area (Å²) < 4.78 is 43.0. The number of hydrogen-bond donors (Lipinski definition) is 1. The first kappa shape index (κ1) is 19.9. The van der Waals surface area contributed by atoms with E-state index in [0.29, 0.717) is 13.1 Å². The summed E-state index contributed by atoms with van der Waals surface area (Å²) in [6.07, 6.45) is 6.31. The molecular weight excluding hydrogens is 417 g/mol. The maximum atomic E-state index is 13.2. The molecule has 31 heavy (non-hydrogen) atoms. The summed E-state index contributed by atoms with van der Waals surface area (Å²) in [5.41, 5.74) is 3.69. The third-order valence-electron chi connectivity index (χ3n) is 5.90. The summed E-state index contributed by atoms with van der Waals surface area (Å²) in [6, 6.07) is 10.9. The van der Waals surface area contributed by atoms with Gasteiger partial charge < -0.3 is 4.57 Å². The number of benzene rings is 1. The van der Waals surface area contributed by atoms with Crippen LogP contribution in [0.25, 0.3) is 22.3 Å². The summed E-state index contributed by atoms with van der Waals surface area (Å²) in [6.45, 7) is 3.06. The normalized spacial score (nSPS) is 19.9. The van der Waals surface area contributed by atoms with Crippen molar-refractivity contribution in [2.75, 3.05) is 6.54 Å². The zero-order valence-electron chi connectivity index (χ0n) is 16.9. The Balaban J connectivity index is 1.35. The van der Waals surface area contributed by atoms with Crippen LogP contribution < -0.4 is 0 Å². The molecule has 1 N–H and O–H groups in total. The number of aromatic amines is 1. The smallest absolute Gasteiger partial charge is 0.243 e. The van der Waals surface area contributed by atoms with E-state index in [1.54, 1.807) is 12.4 Å². The largest absolute Gasteiger partial charge is 0.346 e. The molecule has 3 aromatic heterocycles. The lowest BCUT2D eigenvalue weighted by Crippen LogP contribution is -2.34. The van der Waals surface area contributed by atoms with Crippen LogP contribution in [0.2, 0.25) is 0 Å². The van der Waals surface area contributed by atoms with Crippen LogP contribution >= 0.6 is 0 Å². The molecule has 0 bridgehead atoms. The van der Waals surface area contributed by atoms with Crippen molar-refractivity contribution in [2.24, 2.45) is 5.92 Å². The van der Waals surface area contributed by atoms with Gasteiger partial charge in [0.05, 0.1) is 27.8 Å². The molecule has 0 aliphatic carbocycles. The minimum atomic E-state index is -3.65. The van der Waals surface area contributed by atoms with Crippen molar-refractivity contribution in [3.8, 4) is 11.3 Å². The molecule has 1 unspecified atom stereocenters. The predicted molar refractivity (Wildman–Crippen MR) is 115 cm³/mol. The molecule has 0 spiro atoms. The summed E-state index contributed by atoms with van der Waals surface area (Å²) in [7, 11) is -3.65. The molecule has 1 aliphatic heterocycles. The summed E-state index contributed by atoms with van der Waals surface area (Å²) in [5, 5.41) is 6.77. The van der Waals surface area contributed by atoms with Gasteiger partial charge in [-0.25, -0.2) is 17.8 Å². The van der Waals surface area contributed by atoms with E-state index in [0.717, 1.165) is 28.7 Å². The first-order chi connectivity index (χ1) is 14.9. The maximum Gasteiger partial charge on any atom is 0.243 e. The Morgan fingerprint density at radius 2 is 1.97 bits per heavy atom. The zero-order chi connectivity index (χ0) is 21.6. The highest BCUT2D eigenvalue weighted by atomic mass is 32.2. The Hall–Kier alpha value is -3.04. The van der Waals surface area contributed by atoms with Crippen molar-refractivity contribution in [1.82, 2.24) is 24.1 Å². The highest BCUT2D eigenvalue weighted by molar-refractivity contribution is 7.89. The SMILES string of the molecule is C[C@@H]1CC(Cn2ccc3nc(-c4cn[nH]c4)ccc32)CN1S(=O)(=O)c1ccc(F)cc1. The first-order valence-electron chi connectivity index (χ1n) is 10.1. The van der Waals surface area contributed by atoms with Crippen molar-refractivity contribution < 1.29 is 12.8 Å². The number of nitrogens with one attached hydrogen (secondary N) is 1. The van der Waals surface area contributed by atoms with Crippen molar-refractivity contribution >= 4 is 21.1 Å². The van der Waals surface area contributed by atoms with Crippen molar-refractivity contribution in [3.63, 3.8) is 0 Å². The lowest BCUT2D eigenvalue weighted by molar-refractivity contribution is 0.399. The number of nitrogens with zero attached hydrogens (tertiary/aromatic N) is 4. The second-order valence-corrected chi connectivity index (χ2v) is 9.93. The van der Waals surface area contributed by atoms with Crippen LogP contribution in [0.4, 0.5) is 4.39 Å². The van der Waals surface area contributed by atoms with Gasteiger partial charge in [-0.05, 0) is 61.7 Å². The van der Waals surface area contributed by atoms with E-state index < -0.39 is 15.8 Å². The lowest BCUT2D eigenvalue weighted by Gasteiger charge is -2.21. The van der Waals surface area contributed by atoms with E-state index in [9.17, 15) is 12.8 Å². The third-order valence-corrected chi connectivity index (χ3v) is 7.89. The Bertz CT molecular complexity index is 1320. The van der Waals surface area contributed by atoms with E-state index in [2.05, 4.69) is 14.8 Å². The molecule has 5 rings (SSSR count). The Morgan fingerprint density at radius 1 is 1.16 bits per heavy atom. The van der Waals surface area contributed by atoms with Crippen LogP contribution in [0.3, 0.4) is 0 Å². The van der Waals surface area contributed by atoms with E-state index in [1.807, 2.05) is 31.3 Å². The Morgan fingerprint density at radius 3 is 2.71 bits per heavy atom. The fourth-order valence-corrected chi connectivity index (χ4v) is 6.10. The first-order valence-corrected chi connectivity index (χ1v) is 11.6. The molecule has 4 aromatic rings. The third kappa shape index (κ3) is 3.64. The van der Waals surface area contributed by atoms with Crippen molar-refractivity contribution in [3.05, 3.63) is 66.9 Å². The topological polar surface area (TPSA) is 83.9 Å². The van der Waals surface area contributed by atoms with E-state index in [-0.39, 0.29) is 16.9 Å². The molecule has 4 heterocycles. The Kier molecular flexibility index (Phi) is 4.86. The standard InChI is InChI=1S/C22H22FN5O2S/c1-15-10-16(14-28(15)31(29,30)19-4-2-18(23)3-5-19)13-27-9-8-21-22(27)7-6-20(26-21)17-11-24-25-12-17/h2-9,11-12,15-16H,10,13-14H2,1H3,(H,24,25)/t15-,16?/m1/s1. The molecule has 1 aromatic carbocycles. The van der Waals surface area contributed by atoms with Crippen LogP contribution in [-0.4, -0.2) is 45.1 Å². The molecule has 1 fully saturated rings. The average molecular weight is 440 g/mol. The van der Waals surface area contributed by atoms with Crippen LogP contribution in [0.5, 0.6) is 0 Å². The van der Waals surface area contributed by atoms with Crippen LogP contribution in [-0.2, 0) is 16.6 Å². The molecule has 1 saturated heterocycles. The molecule has 0 saturated carbocycles. The molecule has 9 heteroatoms. The molecular formula is C22H22FN5O2S. The zero-order valence-corrected chi connectivity index (χ0v) is 17.8. The molecule has 7 nitrogen and oxygen atoms in total. The van der Waals surface area contributed by atoms with Crippen molar-refractivity contribution in [1.29, 1.82) is 0 Å². The van der Waals surface area contributed by atoms with Crippen LogP contribution in [0.1, 0.15) is 13.3 Å². The highest BCUT2D eigenvalue weighted by Crippen LogP contribution is 2.31. The van der Waals surface area contributed by atoms with E-state index in [1.165, 1.54) is 28.6 Å². The van der Waals surface area contributed by atoms with Gasteiger partial charge in [0.2, 0.25) is 10.0 Å². The van der Waals surface area contributed by atoms with E-state index >= 15 is 0 Å². The van der Waals surface area contributed by atoms with Gasteiger partial charge in [-0.15, -0.1) is 0 Å². The van der Waals surface area contributed by atoms with Crippen molar-refractivity contribution in [2.45, 2.75) is 30.8 Å². The number of pyridine rings is 1. The van der Waals surface area contributed by atoms with Crippen LogP contribution in [0.15, 0.2) is 66.0 Å². The van der Waals surface area contributed by atoms with Gasteiger partial charge in [0, 0.05) is 37.1 Å². The highest BCUT2D eigenvalue weighted by Gasteiger charge is 2.38. The monoisotopic (exact) mass is 439 g/mol. The van der Waals surface area contributed by atoms with Gasteiger partial charge in [-0.2, -0.15) is 9.40 Å². The predicted octanol–water partition coefficient (Wildman–Crippen LogP) is 3.66. The molecule has 2 atom stereocenters. The van der Waals surface area contributed by atoms with Gasteiger partial charge >= 0.3 is 0 Å². The molecule has 0 amide bonds. The van der Waals surface area contributed by atoms with E-state index in [4.69, 9.17) is 4.98 Å². The summed E-state index contributed by atoms with van der Waals surface area (Å²) in [5.74, 6) is -0.273. The minimum absolute atomic E-state index is 0.118. The second kappa shape index (κ2) is 7.58. The maximum absolute atomic E-state index is 13.2. The van der Waals surface area contributed by atoms with Gasteiger partial charge in [-0.3, -0.25) is 5.10 Å². The molecule has 1 aliphatic rings. The summed E-state index contributed by atoms with van der Waals surface area (Å²) >= 11 is 0. The number of rotatable bonds is 5. The fourth-order valence-electron chi connectivity index (χ4n) is 4.38. The van der Waals surface area contributed by atoms with Gasteiger partial charge in [0.25, 0.3) is 0 Å².